The molecule has 0 N–H and O–H groups in total. The Balaban J connectivity index is 0.000000861. The van der Waals surface area contributed by atoms with E-state index in [0.717, 1.165) is 5.75 Å². The summed E-state index contributed by atoms with van der Waals surface area (Å²) >= 11 is 0. The van der Waals surface area contributed by atoms with Crippen molar-refractivity contribution in [1.82, 2.24) is 0 Å². The normalized spacial score (nSPS) is 10.3. The lowest BCUT2D eigenvalue weighted by Gasteiger charge is -2.05. The number of rotatable bonds is 3. The van der Waals surface area contributed by atoms with Gasteiger partial charge in [-0.05, 0) is 36.4 Å². The van der Waals surface area contributed by atoms with Gasteiger partial charge >= 0.3 is 0 Å². The third-order valence-electron chi connectivity index (χ3n) is 2.23. The molecular formula is C15H18O3S. The molecule has 0 unspecified atom stereocenters. The lowest BCUT2D eigenvalue weighted by molar-refractivity contribution is 0.482. The average Bonchev–Trinajstić information content (AvgIpc) is 2.42. The molecular weight excluding hydrogens is 260 g/mol. The van der Waals surface area contributed by atoms with Crippen LogP contribution in [0.15, 0.2) is 59.5 Å². The first-order valence-electron chi connectivity index (χ1n) is 6.09. The van der Waals surface area contributed by atoms with Crippen LogP contribution < -0.4 is 4.74 Å². The van der Waals surface area contributed by atoms with E-state index in [-0.39, 0.29) is 4.90 Å². The molecule has 0 aliphatic heterocycles. The van der Waals surface area contributed by atoms with E-state index in [9.17, 15) is 8.42 Å². The van der Waals surface area contributed by atoms with Crippen LogP contribution in [-0.2, 0) is 9.84 Å². The first kappa shape index (κ1) is 15.2. The van der Waals surface area contributed by atoms with Crippen LogP contribution in [0.4, 0.5) is 0 Å². The van der Waals surface area contributed by atoms with Gasteiger partial charge in [-0.15, -0.1) is 0 Å². The zero-order chi connectivity index (χ0) is 14.3. The second kappa shape index (κ2) is 6.95. The molecule has 0 fully saturated rings. The van der Waals surface area contributed by atoms with Crippen molar-refractivity contribution in [2.75, 3.05) is 6.26 Å². The Morgan fingerprint density at radius 1 is 0.789 bits per heavy atom. The zero-order valence-corrected chi connectivity index (χ0v) is 12.1. The topological polar surface area (TPSA) is 43.4 Å². The maximum atomic E-state index is 11.3. The Labute approximate surface area is 114 Å². The summed E-state index contributed by atoms with van der Waals surface area (Å²) in [5.41, 5.74) is 0. The van der Waals surface area contributed by atoms with Crippen LogP contribution in [0.25, 0.3) is 0 Å². The largest absolute Gasteiger partial charge is 0.457 e. The molecule has 2 aromatic carbocycles. The fourth-order valence-electron chi connectivity index (χ4n) is 1.38. The summed E-state index contributed by atoms with van der Waals surface area (Å²) in [6.45, 7) is 4.00. The third kappa shape index (κ3) is 4.75. The van der Waals surface area contributed by atoms with Crippen molar-refractivity contribution in [3.63, 3.8) is 0 Å². The van der Waals surface area contributed by atoms with E-state index in [1.54, 1.807) is 12.1 Å². The highest BCUT2D eigenvalue weighted by Crippen LogP contribution is 2.22. The van der Waals surface area contributed by atoms with Crippen LogP contribution >= 0.6 is 0 Å². The average molecular weight is 278 g/mol. The Morgan fingerprint density at radius 3 is 1.74 bits per heavy atom. The van der Waals surface area contributed by atoms with E-state index in [1.807, 2.05) is 44.2 Å². The molecule has 19 heavy (non-hydrogen) atoms. The summed E-state index contributed by atoms with van der Waals surface area (Å²) in [5.74, 6) is 1.34. The molecule has 0 aliphatic rings. The van der Waals surface area contributed by atoms with Gasteiger partial charge in [-0.1, -0.05) is 32.0 Å². The third-order valence-corrected chi connectivity index (χ3v) is 3.36. The monoisotopic (exact) mass is 278 g/mol. The fraction of sp³-hybridized carbons (Fsp3) is 0.200. The second-order valence-corrected chi connectivity index (χ2v) is 5.67. The number of para-hydroxylation sites is 1. The summed E-state index contributed by atoms with van der Waals surface area (Å²) in [7, 11) is -3.15. The molecule has 0 aromatic heterocycles. The van der Waals surface area contributed by atoms with Crippen LogP contribution in [-0.4, -0.2) is 14.7 Å². The second-order valence-electron chi connectivity index (χ2n) is 3.66. The van der Waals surface area contributed by atoms with Crippen LogP contribution in [0.3, 0.4) is 0 Å². The zero-order valence-electron chi connectivity index (χ0n) is 11.3. The maximum Gasteiger partial charge on any atom is 0.175 e. The summed E-state index contributed by atoms with van der Waals surface area (Å²) in [6.07, 6.45) is 1.18. The molecule has 102 valence electrons. The van der Waals surface area contributed by atoms with Crippen LogP contribution in [0.1, 0.15) is 13.8 Å². The van der Waals surface area contributed by atoms with E-state index in [2.05, 4.69) is 0 Å². The van der Waals surface area contributed by atoms with Gasteiger partial charge in [-0.3, -0.25) is 0 Å². The van der Waals surface area contributed by atoms with E-state index in [4.69, 9.17) is 4.74 Å². The van der Waals surface area contributed by atoms with Crippen molar-refractivity contribution in [1.29, 1.82) is 0 Å². The van der Waals surface area contributed by atoms with Crippen molar-refractivity contribution in [3.05, 3.63) is 54.6 Å². The van der Waals surface area contributed by atoms with Crippen molar-refractivity contribution in [2.24, 2.45) is 0 Å². The van der Waals surface area contributed by atoms with Gasteiger partial charge < -0.3 is 4.74 Å². The van der Waals surface area contributed by atoms with E-state index in [0.29, 0.717) is 5.75 Å². The van der Waals surface area contributed by atoms with Crippen molar-refractivity contribution < 1.29 is 13.2 Å². The van der Waals surface area contributed by atoms with Crippen molar-refractivity contribution >= 4 is 9.84 Å². The summed E-state index contributed by atoms with van der Waals surface area (Å²) in [4.78, 5) is 0.290. The number of benzene rings is 2. The van der Waals surface area contributed by atoms with Gasteiger partial charge in [0.1, 0.15) is 11.5 Å². The minimum atomic E-state index is -3.15. The molecule has 0 atom stereocenters. The summed E-state index contributed by atoms with van der Waals surface area (Å²) in [6, 6.07) is 15.7. The lowest BCUT2D eigenvalue weighted by Crippen LogP contribution is -1.96. The Hall–Kier alpha value is -1.81. The molecule has 0 saturated carbocycles. The van der Waals surface area contributed by atoms with Crippen LogP contribution in [0.5, 0.6) is 11.5 Å². The highest BCUT2D eigenvalue weighted by Gasteiger charge is 2.06. The van der Waals surface area contributed by atoms with Gasteiger partial charge in [-0.25, -0.2) is 8.42 Å². The molecule has 0 spiro atoms. The molecule has 2 rings (SSSR count). The Kier molecular flexibility index (Phi) is 5.57. The van der Waals surface area contributed by atoms with E-state index in [1.165, 1.54) is 18.4 Å². The maximum absolute atomic E-state index is 11.3. The Morgan fingerprint density at radius 2 is 1.26 bits per heavy atom. The fourth-order valence-corrected chi connectivity index (χ4v) is 2.01. The van der Waals surface area contributed by atoms with Gasteiger partial charge in [0.15, 0.2) is 9.84 Å². The molecule has 0 heterocycles. The minimum Gasteiger partial charge on any atom is -0.457 e. The lowest BCUT2D eigenvalue weighted by atomic mass is 10.3. The van der Waals surface area contributed by atoms with Crippen LogP contribution in [0, 0.1) is 0 Å². The number of hydrogen-bond acceptors (Lipinski definition) is 3. The van der Waals surface area contributed by atoms with E-state index < -0.39 is 9.84 Å². The molecule has 3 nitrogen and oxygen atoms in total. The summed E-state index contributed by atoms with van der Waals surface area (Å²) < 4.78 is 28.1. The highest BCUT2D eigenvalue weighted by molar-refractivity contribution is 7.90. The minimum absolute atomic E-state index is 0.290. The molecule has 4 heteroatoms. The Bertz CT molecular complexity index is 587. The highest BCUT2D eigenvalue weighted by atomic mass is 32.2. The van der Waals surface area contributed by atoms with Gasteiger partial charge in [0.25, 0.3) is 0 Å². The van der Waals surface area contributed by atoms with Gasteiger partial charge in [-0.2, -0.15) is 0 Å². The standard InChI is InChI=1S/C13H12O3S.C2H6/c1-17(14,15)13-9-7-12(8-10-13)16-11-5-3-2-4-6-11;1-2/h2-10H,1H3;1-2H3. The first-order chi connectivity index (χ1) is 9.05. The SMILES string of the molecule is CC.CS(=O)(=O)c1ccc(Oc2ccccc2)cc1. The predicted octanol–water partition coefficient (Wildman–Crippen LogP) is 3.91. The van der Waals surface area contributed by atoms with Gasteiger partial charge in [0.2, 0.25) is 0 Å². The first-order valence-corrected chi connectivity index (χ1v) is 7.98. The van der Waals surface area contributed by atoms with Crippen molar-refractivity contribution in [3.8, 4) is 11.5 Å². The van der Waals surface area contributed by atoms with Crippen LogP contribution in [0.2, 0.25) is 0 Å². The quantitative estimate of drug-likeness (QED) is 0.855. The molecule has 0 amide bonds. The van der Waals surface area contributed by atoms with Crippen molar-refractivity contribution in [2.45, 2.75) is 18.7 Å². The molecule has 0 radical (unpaired) electrons. The molecule has 0 bridgehead atoms. The predicted molar refractivity (Wildman–Crippen MR) is 77.4 cm³/mol. The summed E-state index contributed by atoms with van der Waals surface area (Å²) in [5, 5.41) is 0. The molecule has 0 aliphatic carbocycles. The number of ether oxygens (including phenoxy) is 1. The molecule has 0 saturated heterocycles. The number of hydrogen-bond donors (Lipinski definition) is 0. The molecule has 2 aromatic rings. The van der Waals surface area contributed by atoms with Gasteiger partial charge in [0, 0.05) is 6.26 Å². The van der Waals surface area contributed by atoms with E-state index >= 15 is 0 Å². The van der Waals surface area contributed by atoms with Gasteiger partial charge in [0.05, 0.1) is 4.90 Å². The number of sulfone groups is 1. The smallest absolute Gasteiger partial charge is 0.175 e.